The summed E-state index contributed by atoms with van der Waals surface area (Å²) in [5.74, 6) is 1.05. The monoisotopic (exact) mass is 263 g/mol. The number of sulfone groups is 1. The minimum absolute atomic E-state index is 0.299. The van der Waals surface area contributed by atoms with Crippen LogP contribution in [0.3, 0.4) is 0 Å². The van der Waals surface area contributed by atoms with E-state index in [1.165, 1.54) is 0 Å². The van der Waals surface area contributed by atoms with Crippen LogP contribution in [0.4, 0.5) is 0 Å². The fourth-order valence-electron chi connectivity index (χ4n) is 2.28. The van der Waals surface area contributed by atoms with Gasteiger partial charge in [-0.05, 0) is 38.6 Å². The molecule has 0 aromatic rings. The predicted molar refractivity (Wildman–Crippen MR) is 70.0 cm³/mol. The zero-order valence-electron chi connectivity index (χ0n) is 10.9. The van der Waals surface area contributed by atoms with Gasteiger partial charge >= 0.3 is 0 Å². The van der Waals surface area contributed by atoms with Gasteiger partial charge in [-0.15, -0.1) is 0 Å². The van der Waals surface area contributed by atoms with E-state index >= 15 is 0 Å². The van der Waals surface area contributed by atoms with Crippen molar-refractivity contribution in [3.8, 4) is 0 Å². The first-order chi connectivity index (χ1) is 8.07. The van der Waals surface area contributed by atoms with Crippen LogP contribution in [-0.2, 0) is 14.6 Å². The normalized spacial score (nSPS) is 24.9. The Hall–Kier alpha value is -0.130. The molecule has 1 aliphatic rings. The van der Waals surface area contributed by atoms with Gasteiger partial charge in [0.05, 0.1) is 18.1 Å². The first kappa shape index (κ1) is 14.9. The molecule has 1 rings (SSSR count). The Morgan fingerprint density at radius 1 is 1.41 bits per heavy atom. The van der Waals surface area contributed by atoms with Gasteiger partial charge in [-0.3, -0.25) is 0 Å². The Bertz CT molecular complexity index is 295. The molecule has 0 spiro atoms. The maximum absolute atomic E-state index is 11.4. The second-order valence-corrected chi connectivity index (χ2v) is 7.04. The summed E-state index contributed by atoms with van der Waals surface area (Å²) in [5.41, 5.74) is 0. The molecule has 1 heterocycles. The summed E-state index contributed by atoms with van der Waals surface area (Å²) in [5, 5.41) is 3.44. The van der Waals surface area contributed by atoms with Gasteiger partial charge in [0, 0.05) is 12.6 Å². The number of hydrogen-bond donors (Lipinski definition) is 1. The van der Waals surface area contributed by atoms with E-state index in [9.17, 15) is 8.42 Å². The molecule has 102 valence electrons. The second kappa shape index (κ2) is 7.34. The van der Waals surface area contributed by atoms with E-state index in [4.69, 9.17) is 4.74 Å². The molecule has 0 saturated carbocycles. The Labute approximate surface area is 105 Å². The third-order valence-corrected chi connectivity index (χ3v) is 4.99. The van der Waals surface area contributed by atoms with E-state index < -0.39 is 9.84 Å². The number of nitrogens with one attached hydrogen (secondary N) is 1. The Kier molecular flexibility index (Phi) is 6.44. The summed E-state index contributed by atoms with van der Waals surface area (Å²) >= 11 is 0. The number of rotatable bonds is 8. The molecular formula is C12H25NO3S. The topological polar surface area (TPSA) is 55.4 Å². The van der Waals surface area contributed by atoms with Crippen molar-refractivity contribution in [2.24, 2.45) is 5.92 Å². The third-order valence-electron chi connectivity index (χ3n) is 3.15. The van der Waals surface area contributed by atoms with Gasteiger partial charge in [0.1, 0.15) is 0 Å². The number of ether oxygens (including phenoxy) is 1. The molecule has 0 bridgehead atoms. The van der Waals surface area contributed by atoms with Crippen molar-refractivity contribution in [3.05, 3.63) is 0 Å². The zero-order chi connectivity index (χ0) is 12.7. The van der Waals surface area contributed by atoms with Gasteiger partial charge in [0.15, 0.2) is 9.84 Å². The van der Waals surface area contributed by atoms with Gasteiger partial charge < -0.3 is 10.1 Å². The molecule has 0 aromatic carbocycles. The first-order valence-electron chi connectivity index (χ1n) is 6.59. The first-order valence-corrected chi connectivity index (χ1v) is 8.41. The van der Waals surface area contributed by atoms with E-state index in [0.29, 0.717) is 36.7 Å². The maximum atomic E-state index is 11.4. The lowest BCUT2D eigenvalue weighted by molar-refractivity contribution is 0.115. The summed E-state index contributed by atoms with van der Waals surface area (Å²) in [6.07, 6.45) is 2.82. The van der Waals surface area contributed by atoms with Crippen molar-refractivity contribution in [2.45, 2.75) is 39.2 Å². The Morgan fingerprint density at radius 3 is 2.71 bits per heavy atom. The van der Waals surface area contributed by atoms with Gasteiger partial charge in [0.2, 0.25) is 0 Å². The van der Waals surface area contributed by atoms with Gasteiger partial charge in [-0.25, -0.2) is 8.42 Å². The molecule has 1 saturated heterocycles. The van der Waals surface area contributed by atoms with Crippen LogP contribution in [0, 0.1) is 5.92 Å². The fourth-order valence-corrected chi connectivity index (χ4v) is 4.16. The van der Waals surface area contributed by atoms with Crippen LogP contribution in [0.2, 0.25) is 0 Å². The molecule has 4 nitrogen and oxygen atoms in total. The maximum Gasteiger partial charge on any atom is 0.150 e. The van der Waals surface area contributed by atoms with E-state index in [1.54, 1.807) is 0 Å². The van der Waals surface area contributed by atoms with Crippen LogP contribution in [0.5, 0.6) is 0 Å². The molecule has 0 aromatic heterocycles. The molecule has 0 amide bonds. The molecule has 1 aliphatic heterocycles. The van der Waals surface area contributed by atoms with Crippen LogP contribution in [0.25, 0.3) is 0 Å². The van der Waals surface area contributed by atoms with Crippen LogP contribution in [-0.4, -0.2) is 45.7 Å². The minimum Gasteiger partial charge on any atom is -0.380 e. The highest BCUT2D eigenvalue weighted by atomic mass is 32.2. The molecule has 0 radical (unpaired) electrons. The van der Waals surface area contributed by atoms with Crippen molar-refractivity contribution in [2.75, 3.05) is 31.3 Å². The summed E-state index contributed by atoms with van der Waals surface area (Å²) < 4.78 is 28.2. The molecule has 0 aliphatic carbocycles. The fraction of sp³-hybridized carbons (Fsp3) is 1.00. The quantitative estimate of drug-likeness (QED) is 0.715. The minimum atomic E-state index is -2.75. The summed E-state index contributed by atoms with van der Waals surface area (Å²) in [7, 11) is -2.75. The van der Waals surface area contributed by atoms with Crippen molar-refractivity contribution in [1.29, 1.82) is 0 Å². The van der Waals surface area contributed by atoms with Crippen LogP contribution in [0.15, 0.2) is 0 Å². The summed E-state index contributed by atoms with van der Waals surface area (Å²) in [4.78, 5) is 0. The largest absolute Gasteiger partial charge is 0.380 e. The van der Waals surface area contributed by atoms with Crippen molar-refractivity contribution in [3.63, 3.8) is 0 Å². The zero-order valence-corrected chi connectivity index (χ0v) is 11.8. The van der Waals surface area contributed by atoms with Crippen molar-refractivity contribution in [1.82, 2.24) is 5.32 Å². The van der Waals surface area contributed by atoms with Crippen LogP contribution < -0.4 is 5.32 Å². The lowest BCUT2D eigenvalue weighted by Crippen LogP contribution is -2.36. The molecule has 1 N–H and O–H groups in total. The highest BCUT2D eigenvalue weighted by Gasteiger charge is 2.29. The van der Waals surface area contributed by atoms with Gasteiger partial charge in [-0.2, -0.15) is 0 Å². The molecule has 2 unspecified atom stereocenters. The van der Waals surface area contributed by atoms with E-state index in [-0.39, 0.29) is 0 Å². The highest BCUT2D eigenvalue weighted by Crippen LogP contribution is 2.23. The van der Waals surface area contributed by atoms with E-state index in [1.807, 2.05) is 6.92 Å². The van der Waals surface area contributed by atoms with Gasteiger partial charge in [-0.1, -0.05) is 6.92 Å². The standard InChI is InChI=1S/C12H25NO3S/c1-3-6-13-12(9-16-4-2)8-11-5-7-17(14,15)10-11/h11-13H,3-10H2,1-2H3. The Morgan fingerprint density at radius 2 is 2.18 bits per heavy atom. The Balaban J connectivity index is 2.37. The smallest absolute Gasteiger partial charge is 0.150 e. The van der Waals surface area contributed by atoms with Crippen molar-refractivity contribution >= 4 is 9.84 Å². The molecule has 2 atom stereocenters. The van der Waals surface area contributed by atoms with E-state index in [0.717, 1.165) is 25.8 Å². The molecular weight excluding hydrogens is 238 g/mol. The average Bonchev–Trinajstić information content (AvgIpc) is 2.62. The van der Waals surface area contributed by atoms with Crippen LogP contribution in [0.1, 0.15) is 33.1 Å². The SMILES string of the molecule is CCCNC(COCC)CC1CCS(=O)(=O)C1. The summed E-state index contributed by atoms with van der Waals surface area (Å²) in [6.45, 7) is 6.49. The summed E-state index contributed by atoms with van der Waals surface area (Å²) in [6, 6.07) is 0.299. The van der Waals surface area contributed by atoms with Crippen molar-refractivity contribution < 1.29 is 13.2 Å². The third kappa shape index (κ3) is 5.84. The predicted octanol–water partition coefficient (Wildman–Crippen LogP) is 1.22. The van der Waals surface area contributed by atoms with Crippen LogP contribution >= 0.6 is 0 Å². The number of hydrogen-bond acceptors (Lipinski definition) is 4. The van der Waals surface area contributed by atoms with E-state index in [2.05, 4.69) is 12.2 Å². The molecule has 17 heavy (non-hydrogen) atoms. The lowest BCUT2D eigenvalue weighted by atomic mass is 9.99. The molecule has 1 fully saturated rings. The van der Waals surface area contributed by atoms with Gasteiger partial charge in [0.25, 0.3) is 0 Å². The molecule has 5 heteroatoms. The highest BCUT2D eigenvalue weighted by molar-refractivity contribution is 7.91. The lowest BCUT2D eigenvalue weighted by Gasteiger charge is -2.21. The second-order valence-electron chi connectivity index (χ2n) is 4.82. The average molecular weight is 263 g/mol.